The molecule has 9 aromatic rings. The Morgan fingerprint density at radius 1 is 0.648 bits per heavy atom. The van der Waals surface area contributed by atoms with E-state index < -0.39 is 22.4 Å². The minimum absolute atomic E-state index is 0.366. The van der Waals surface area contributed by atoms with Crippen LogP contribution in [0.3, 0.4) is 0 Å². The van der Waals surface area contributed by atoms with Crippen LogP contribution in [0.25, 0.3) is 10.9 Å². The number of aromatic nitrogens is 12. The van der Waals surface area contributed by atoms with Gasteiger partial charge in [0.05, 0.1) is 34.8 Å². The number of pyridine rings is 2. The minimum atomic E-state index is -1.60. The Labute approximate surface area is 307 Å². The third-order valence-corrected chi connectivity index (χ3v) is 10.5. The zero-order valence-corrected chi connectivity index (χ0v) is 28.4. The van der Waals surface area contributed by atoms with Gasteiger partial charge in [-0.2, -0.15) is 10.2 Å². The average molecular weight is 708 g/mol. The maximum Gasteiger partial charge on any atom is 0.164 e. The van der Waals surface area contributed by atoms with Gasteiger partial charge in [-0.25, -0.2) is 19.9 Å². The fourth-order valence-corrected chi connectivity index (χ4v) is 8.77. The van der Waals surface area contributed by atoms with Gasteiger partial charge in [-0.15, -0.1) is 0 Å². The summed E-state index contributed by atoms with van der Waals surface area (Å²) >= 11 is 0. The predicted octanol–water partition coefficient (Wildman–Crippen LogP) is 5.52. The number of imidazole rings is 1. The first-order chi connectivity index (χ1) is 26.8. The molecule has 54 heavy (non-hydrogen) atoms. The van der Waals surface area contributed by atoms with Gasteiger partial charge in [-0.1, -0.05) is 35.5 Å². The number of para-hydroxylation sites is 1. The van der Waals surface area contributed by atoms with E-state index in [1.165, 1.54) is 0 Å². The molecule has 260 valence electrons. The second-order valence-electron chi connectivity index (χ2n) is 12.8. The van der Waals surface area contributed by atoms with Gasteiger partial charge in [0.25, 0.3) is 0 Å². The van der Waals surface area contributed by atoms with Crippen LogP contribution in [0, 0.1) is 0 Å². The van der Waals surface area contributed by atoms with Gasteiger partial charge in [0.2, 0.25) is 0 Å². The van der Waals surface area contributed by atoms with E-state index in [9.17, 15) is 0 Å². The lowest BCUT2D eigenvalue weighted by atomic mass is 9.49. The third-order valence-electron chi connectivity index (χ3n) is 10.5. The van der Waals surface area contributed by atoms with Crippen molar-refractivity contribution in [3.63, 3.8) is 0 Å². The van der Waals surface area contributed by atoms with E-state index in [4.69, 9.17) is 44.7 Å². The molecule has 0 radical (unpaired) electrons. The summed E-state index contributed by atoms with van der Waals surface area (Å²) in [7, 11) is 0. The molecule has 1 aliphatic rings. The molecular formula is C40H29N13O. The van der Waals surface area contributed by atoms with Crippen molar-refractivity contribution in [2.24, 2.45) is 0 Å². The predicted molar refractivity (Wildman–Crippen MR) is 196 cm³/mol. The number of hydrogen-bond donors (Lipinski definition) is 2. The van der Waals surface area contributed by atoms with Gasteiger partial charge in [0.1, 0.15) is 40.3 Å². The summed E-state index contributed by atoms with van der Waals surface area (Å²) in [6.45, 7) is 0. The largest absolute Gasteiger partial charge is 0.364 e. The Bertz CT molecular complexity index is 2630. The van der Waals surface area contributed by atoms with Crippen LogP contribution in [-0.4, -0.2) is 60.2 Å². The highest BCUT2D eigenvalue weighted by molar-refractivity contribution is 5.79. The smallest absolute Gasteiger partial charge is 0.164 e. The third kappa shape index (κ3) is 4.09. The first-order valence-electron chi connectivity index (χ1n) is 17.2. The van der Waals surface area contributed by atoms with Gasteiger partial charge >= 0.3 is 0 Å². The molecule has 4 atom stereocenters. The maximum absolute atomic E-state index is 5.84. The molecule has 14 nitrogen and oxygen atoms in total. The standard InChI is InChI=1S/C40H29N13O/c1-2-9-28-27(8-1)13-14-29(50-28)35-38(30-10-5-17-42-30,31-11-6-20-49-51-31)39(32-15-25-54-52-32,36-45-18-7-19-46-36)40(37-47-23-24-48-37,33-26-41-21-22-43-33)53(35)34-12-3-4-16-44-34/h1-26,35,42H,(H,47,48). The molecular weight excluding hydrogens is 679 g/mol. The zero-order chi connectivity index (χ0) is 36.0. The summed E-state index contributed by atoms with van der Waals surface area (Å²) in [5.74, 6) is 1.42. The quantitative estimate of drug-likeness (QED) is 0.203. The Balaban J connectivity index is 1.55. The van der Waals surface area contributed by atoms with E-state index in [1.54, 1.807) is 68.1 Å². The molecule has 0 saturated carbocycles. The van der Waals surface area contributed by atoms with E-state index in [0.717, 1.165) is 16.6 Å². The fourth-order valence-electron chi connectivity index (χ4n) is 8.77. The van der Waals surface area contributed by atoms with Gasteiger partial charge in [-0.3, -0.25) is 15.0 Å². The van der Waals surface area contributed by atoms with Crippen LogP contribution in [0.2, 0.25) is 0 Å². The lowest BCUT2D eigenvalue weighted by molar-refractivity contribution is 0.217. The molecule has 1 aromatic carbocycles. The summed E-state index contributed by atoms with van der Waals surface area (Å²) in [4.78, 5) is 45.1. The van der Waals surface area contributed by atoms with Crippen molar-refractivity contribution in [2.45, 2.75) is 22.4 Å². The van der Waals surface area contributed by atoms with Crippen LogP contribution in [0.5, 0.6) is 0 Å². The first-order valence-corrected chi connectivity index (χ1v) is 17.2. The highest BCUT2D eigenvalue weighted by atomic mass is 16.5. The lowest BCUT2D eigenvalue weighted by Gasteiger charge is -2.50. The summed E-state index contributed by atoms with van der Waals surface area (Å²) in [5, 5.41) is 15.4. The lowest BCUT2D eigenvalue weighted by Crippen LogP contribution is -2.62. The highest BCUT2D eigenvalue weighted by Crippen LogP contribution is 2.74. The Morgan fingerprint density at radius 3 is 2.30 bits per heavy atom. The van der Waals surface area contributed by atoms with Crippen molar-refractivity contribution in [1.82, 2.24) is 60.2 Å². The molecule has 1 saturated heterocycles. The van der Waals surface area contributed by atoms with E-state index in [0.29, 0.717) is 40.2 Å². The van der Waals surface area contributed by atoms with Crippen LogP contribution in [0.1, 0.15) is 46.2 Å². The molecule has 0 spiro atoms. The number of aromatic amines is 2. The van der Waals surface area contributed by atoms with Crippen molar-refractivity contribution in [3.8, 4) is 0 Å². The summed E-state index contributed by atoms with van der Waals surface area (Å²) in [5.41, 5.74) is -0.868. The van der Waals surface area contributed by atoms with Gasteiger partial charge in [-0.05, 0) is 54.6 Å². The highest BCUT2D eigenvalue weighted by Gasteiger charge is 2.84. The summed E-state index contributed by atoms with van der Waals surface area (Å²) in [6.07, 6.45) is 18.8. The number of nitrogens with one attached hydrogen (secondary N) is 2. The molecule has 9 heterocycles. The molecule has 0 bridgehead atoms. The number of fused-ring (bicyclic) bond motifs is 1. The summed E-state index contributed by atoms with van der Waals surface area (Å²) in [6, 6.07) is 28.6. The van der Waals surface area contributed by atoms with Crippen LogP contribution in [-0.2, 0) is 16.4 Å². The molecule has 0 amide bonds. The number of anilines is 1. The topological polar surface area (TPSA) is 177 Å². The van der Waals surface area contributed by atoms with Crippen LogP contribution in [0.15, 0.2) is 164 Å². The molecule has 4 unspecified atom stereocenters. The van der Waals surface area contributed by atoms with Gasteiger partial charge in [0, 0.05) is 72.9 Å². The number of rotatable bonds is 8. The van der Waals surface area contributed by atoms with Gasteiger partial charge in [0.15, 0.2) is 5.54 Å². The first kappa shape index (κ1) is 31.3. The van der Waals surface area contributed by atoms with Crippen LogP contribution in [0.4, 0.5) is 5.82 Å². The van der Waals surface area contributed by atoms with E-state index in [-0.39, 0.29) is 0 Å². The number of H-pyrrole nitrogens is 2. The van der Waals surface area contributed by atoms with Crippen molar-refractivity contribution >= 4 is 16.7 Å². The van der Waals surface area contributed by atoms with Crippen molar-refractivity contribution in [3.05, 3.63) is 199 Å². The second-order valence-corrected chi connectivity index (χ2v) is 12.8. The van der Waals surface area contributed by atoms with Crippen LogP contribution >= 0.6 is 0 Å². The molecule has 10 rings (SSSR count). The number of nitrogens with zero attached hydrogens (tertiary/aromatic N) is 11. The molecule has 8 aromatic heterocycles. The molecule has 1 aliphatic heterocycles. The van der Waals surface area contributed by atoms with Gasteiger partial charge < -0.3 is 19.4 Å². The maximum atomic E-state index is 5.84. The molecule has 0 aliphatic carbocycles. The normalized spacial score (nSPS) is 22.4. The minimum Gasteiger partial charge on any atom is -0.364 e. The average Bonchev–Trinajstić information content (AvgIpc) is 4.09. The number of benzene rings is 1. The second kappa shape index (κ2) is 12.3. The number of hydrogen-bond acceptors (Lipinski definition) is 12. The zero-order valence-electron chi connectivity index (χ0n) is 28.4. The SMILES string of the molecule is c1ccc(N2C(c3ccc4ccccc4n3)C(c3cccnn3)(c3ccc[nH]3)C(c3ccon3)(c3ncccn3)C2(c2cnccn2)c2ncc[nH]2)nc1. The van der Waals surface area contributed by atoms with Crippen LogP contribution < -0.4 is 4.90 Å². The monoisotopic (exact) mass is 707 g/mol. The van der Waals surface area contributed by atoms with E-state index >= 15 is 0 Å². The van der Waals surface area contributed by atoms with Crippen molar-refractivity contribution in [1.29, 1.82) is 0 Å². The Kier molecular flexibility index (Phi) is 7.14. The van der Waals surface area contributed by atoms with Crippen molar-refractivity contribution < 1.29 is 4.52 Å². The van der Waals surface area contributed by atoms with E-state index in [2.05, 4.69) is 31.0 Å². The Morgan fingerprint density at radius 2 is 1.56 bits per heavy atom. The molecule has 14 heteroatoms. The fraction of sp³-hybridized carbons (Fsp3) is 0.100. The Hall–Kier alpha value is -7.48. The van der Waals surface area contributed by atoms with E-state index in [1.807, 2.05) is 85.1 Å². The molecule has 1 fully saturated rings. The summed E-state index contributed by atoms with van der Waals surface area (Å²) < 4.78 is 5.84. The van der Waals surface area contributed by atoms with Crippen molar-refractivity contribution in [2.75, 3.05) is 4.90 Å². The molecule has 2 N–H and O–H groups in total.